The molecule has 1 aliphatic heterocycles. The molecular formula is C20H30N4O3. The molecule has 2 rings (SSSR count). The molecular weight excluding hydrogens is 344 g/mol. The number of likely N-dealkylation sites (tertiary alicyclic amines) is 1. The highest BCUT2D eigenvalue weighted by atomic mass is 16.2. The van der Waals surface area contributed by atoms with Crippen molar-refractivity contribution in [1.82, 2.24) is 15.1 Å². The summed E-state index contributed by atoms with van der Waals surface area (Å²) in [4.78, 5) is 40.1. The Hall–Kier alpha value is -2.57. The second-order valence-electron chi connectivity index (χ2n) is 7.29. The van der Waals surface area contributed by atoms with Crippen molar-refractivity contribution in [3.63, 3.8) is 0 Å². The van der Waals surface area contributed by atoms with Crippen LogP contribution in [0.2, 0.25) is 0 Å². The fourth-order valence-electron chi connectivity index (χ4n) is 3.06. The van der Waals surface area contributed by atoms with E-state index in [1.165, 1.54) is 0 Å². The van der Waals surface area contributed by atoms with Crippen LogP contribution in [-0.4, -0.2) is 60.9 Å². The molecule has 148 valence electrons. The van der Waals surface area contributed by atoms with Gasteiger partial charge in [0, 0.05) is 44.8 Å². The first-order valence-electron chi connectivity index (χ1n) is 9.52. The van der Waals surface area contributed by atoms with Crippen LogP contribution in [0.1, 0.15) is 26.7 Å². The Morgan fingerprint density at radius 3 is 2.59 bits per heavy atom. The van der Waals surface area contributed by atoms with Gasteiger partial charge in [-0.3, -0.25) is 9.59 Å². The molecule has 27 heavy (non-hydrogen) atoms. The molecule has 4 amide bonds. The summed E-state index contributed by atoms with van der Waals surface area (Å²) in [6.45, 7) is 5.63. The molecule has 2 N–H and O–H groups in total. The summed E-state index contributed by atoms with van der Waals surface area (Å²) >= 11 is 0. The van der Waals surface area contributed by atoms with E-state index in [4.69, 9.17) is 0 Å². The van der Waals surface area contributed by atoms with Crippen LogP contribution >= 0.6 is 0 Å². The maximum Gasteiger partial charge on any atom is 0.321 e. The van der Waals surface area contributed by atoms with Gasteiger partial charge in [0.15, 0.2) is 0 Å². The van der Waals surface area contributed by atoms with Crippen molar-refractivity contribution in [2.45, 2.75) is 26.7 Å². The first kappa shape index (κ1) is 20.7. The molecule has 0 saturated carbocycles. The predicted octanol–water partition coefficient (Wildman–Crippen LogP) is 2.16. The molecule has 7 heteroatoms. The van der Waals surface area contributed by atoms with Gasteiger partial charge in [0.2, 0.25) is 11.8 Å². The van der Waals surface area contributed by atoms with Crippen LogP contribution in [-0.2, 0) is 9.59 Å². The van der Waals surface area contributed by atoms with Gasteiger partial charge in [-0.05, 0) is 25.0 Å². The molecule has 0 bridgehead atoms. The van der Waals surface area contributed by atoms with Crippen molar-refractivity contribution in [1.29, 1.82) is 0 Å². The van der Waals surface area contributed by atoms with Crippen LogP contribution in [0.15, 0.2) is 30.3 Å². The van der Waals surface area contributed by atoms with Crippen molar-refractivity contribution >= 4 is 23.5 Å². The van der Waals surface area contributed by atoms with E-state index in [9.17, 15) is 14.4 Å². The quantitative estimate of drug-likeness (QED) is 0.801. The second kappa shape index (κ2) is 9.94. The molecule has 0 aromatic heterocycles. The topological polar surface area (TPSA) is 81.8 Å². The standard InChI is InChI=1S/C20H30N4O3/c1-15(2)18(25)21-11-13-23(3)19(26)16-8-7-12-24(14-16)20(27)22-17-9-5-4-6-10-17/h4-6,9-10,15-16H,7-8,11-14H2,1-3H3,(H,21,25)(H,22,27). The Labute approximate surface area is 161 Å². The molecule has 7 nitrogen and oxygen atoms in total. The third-order valence-electron chi connectivity index (χ3n) is 4.73. The van der Waals surface area contributed by atoms with Gasteiger partial charge in [-0.15, -0.1) is 0 Å². The minimum Gasteiger partial charge on any atom is -0.354 e. The third-order valence-corrected chi connectivity index (χ3v) is 4.73. The highest BCUT2D eigenvalue weighted by Gasteiger charge is 2.30. The number of nitrogens with zero attached hydrogens (tertiary/aromatic N) is 2. The van der Waals surface area contributed by atoms with E-state index < -0.39 is 0 Å². The highest BCUT2D eigenvalue weighted by molar-refractivity contribution is 5.90. The number of rotatable bonds is 6. The number of carbonyl (C=O) groups excluding carboxylic acids is 3. The Balaban J connectivity index is 1.82. The Morgan fingerprint density at radius 1 is 1.22 bits per heavy atom. The van der Waals surface area contributed by atoms with Crippen LogP contribution in [0.25, 0.3) is 0 Å². The van der Waals surface area contributed by atoms with Gasteiger partial charge in [0.25, 0.3) is 0 Å². The number of likely N-dealkylation sites (N-methyl/N-ethyl adjacent to an activating group) is 1. The van der Waals surface area contributed by atoms with Crippen molar-refractivity contribution in [2.24, 2.45) is 11.8 Å². The lowest BCUT2D eigenvalue weighted by atomic mass is 9.97. The lowest BCUT2D eigenvalue weighted by Crippen LogP contribution is -2.48. The van der Waals surface area contributed by atoms with Crippen molar-refractivity contribution in [3.05, 3.63) is 30.3 Å². The zero-order valence-electron chi connectivity index (χ0n) is 16.4. The molecule has 1 atom stereocenters. The minimum absolute atomic E-state index is 0.0164. The molecule has 1 heterocycles. The van der Waals surface area contributed by atoms with Crippen LogP contribution in [0, 0.1) is 11.8 Å². The lowest BCUT2D eigenvalue weighted by Gasteiger charge is -2.34. The van der Waals surface area contributed by atoms with Crippen molar-refractivity contribution in [2.75, 3.05) is 38.5 Å². The number of benzene rings is 1. The minimum atomic E-state index is -0.203. The van der Waals surface area contributed by atoms with E-state index in [2.05, 4.69) is 10.6 Å². The number of anilines is 1. The summed E-state index contributed by atoms with van der Waals surface area (Å²) < 4.78 is 0. The Bertz CT molecular complexity index is 648. The van der Waals surface area contributed by atoms with Gasteiger partial charge in [-0.1, -0.05) is 32.0 Å². The Kier molecular flexibility index (Phi) is 7.64. The number of carbonyl (C=O) groups is 3. The van der Waals surface area contributed by atoms with Gasteiger partial charge in [0.05, 0.1) is 5.92 Å². The fourth-order valence-corrected chi connectivity index (χ4v) is 3.06. The van der Waals surface area contributed by atoms with Crippen LogP contribution in [0.3, 0.4) is 0 Å². The van der Waals surface area contributed by atoms with Crippen LogP contribution in [0.5, 0.6) is 0 Å². The maximum atomic E-state index is 12.7. The first-order valence-corrected chi connectivity index (χ1v) is 9.52. The second-order valence-corrected chi connectivity index (χ2v) is 7.29. The largest absolute Gasteiger partial charge is 0.354 e. The van der Waals surface area contributed by atoms with Crippen LogP contribution < -0.4 is 10.6 Å². The number of hydrogen-bond donors (Lipinski definition) is 2. The van der Waals surface area contributed by atoms with Crippen LogP contribution in [0.4, 0.5) is 10.5 Å². The number of hydrogen-bond acceptors (Lipinski definition) is 3. The molecule has 1 aromatic rings. The number of para-hydroxylation sites is 1. The number of nitrogens with one attached hydrogen (secondary N) is 2. The van der Waals surface area contributed by atoms with Gasteiger partial charge < -0.3 is 20.4 Å². The van der Waals surface area contributed by atoms with Crippen molar-refractivity contribution < 1.29 is 14.4 Å². The predicted molar refractivity (Wildman–Crippen MR) is 105 cm³/mol. The van der Waals surface area contributed by atoms with Crippen molar-refractivity contribution in [3.8, 4) is 0 Å². The maximum absolute atomic E-state index is 12.7. The SMILES string of the molecule is CC(C)C(=O)NCCN(C)C(=O)C1CCCN(C(=O)Nc2ccccc2)C1. The monoisotopic (exact) mass is 374 g/mol. The van der Waals surface area contributed by atoms with E-state index in [-0.39, 0.29) is 29.7 Å². The number of amides is 4. The molecule has 0 radical (unpaired) electrons. The summed E-state index contributed by atoms with van der Waals surface area (Å²) in [5, 5.41) is 5.69. The lowest BCUT2D eigenvalue weighted by molar-refractivity contribution is -0.136. The molecule has 0 spiro atoms. The van der Waals surface area contributed by atoms with Gasteiger partial charge in [-0.25, -0.2) is 4.79 Å². The average molecular weight is 374 g/mol. The van der Waals surface area contributed by atoms with E-state index in [1.807, 2.05) is 44.2 Å². The number of piperidine rings is 1. The zero-order valence-corrected chi connectivity index (χ0v) is 16.4. The summed E-state index contributed by atoms with van der Waals surface area (Å²) in [5.41, 5.74) is 0.744. The number of urea groups is 1. The summed E-state index contributed by atoms with van der Waals surface area (Å²) in [5.74, 6) is -0.268. The molecule has 0 aliphatic carbocycles. The van der Waals surface area contributed by atoms with E-state index in [0.717, 1.165) is 18.5 Å². The smallest absolute Gasteiger partial charge is 0.321 e. The molecule has 1 aromatic carbocycles. The van der Waals surface area contributed by atoms with E-state index in [0.29, 0.717) is 26.2 Å². The highest BCUT2D eigenvalue weighted by Crippen LogP contribution is 2.19. The van der Waals surface area contributed by atoms with Gasteiger partial charge >= 0.3 is 6.03 Å². The fraction of sp³-hybridized carbons (Fsp3) is 0.550. The van der Waals surface area contributed by atoms with E-state index >= 15 is 0 Å². The van der Waals surface area contributed by atoms with Gasteiger partial charge in [0.1, 0.15) is 0 Å². The molecule has 1 aliphatic rings. The first-order chi connectivity index (χ1) is 12.9. The Morgan fingerprint density at radius 2 is 1.93 bits per heavy atom. The molecule has 1 unspecified atom stereocenters. The average Bonchev–Trinajstić information content (AvgIpc) is 2.68. The van der Waals surface area contributed by atoms with E-state index in [1.54, 1.807) is 16.8 Å². The summed E-state index contributed by atoms with van der Waals surface area (Å²) in [7, 11) is 1.74. The van der Waals surface area contributed by atoms with Gasteiger partial charge in [-0.2, -0.15) is 0 Å². The zero-order chi connectivity index (χ0) is 19.8. The normalized spacial score (nSPS) is 16.7. The summed E-state index contributed by atoms with van der Waals surface area (Å²) in [6, 6.07) is 9.12. The molecule has 1 fully saturated rings. The molecule has 1 saturated heterocycles. The summed E-state index contributed by atoms with van der Waals surface area (Å²) in [6.07, 6.45) is 1.58. The third kappa shape index (κ3) is 6.27.